The molecule has 0 radical (unpaired) electrons. The van der Waals surface area contributed by atoms with Crippen molar-refractivity contribution < 1.29 is 18.4 Å². The van der Waals surface area contributed by atoms with Crippen molar-refractivity contribution in [2.24, 2.45) is 0 Å². The summed E-state index contributed by atoms with van der Waals surface area (Å²) in [5, 5.41) is 7.36. The second kappa shape index (κ2) is 8.12. The summed E-state index contributed by atoms with van der Waals surface area (Å²) in [6.45, 7) is 0. The molecule has 7 heteroatoms. The summed E-state index contributed by atoms with van der Waals surface area (Å²) in [5.41, 5.74) is 1.75. The molecule has 4 aromatic rings. The lowest BCUT2D eigenvalue weighted by Gasteiger charge is -2.07. The molecule has 0 fully saturated rings. The molecule has 0 saturated carbocycles. The molecule has 0 bridgehead atoms. The van der Waals surface area contributed by atoms with Crippen molar-refractivity contribution in [1.29, 1.82) is 0 Å². The van der Waals surface area contributed by atoms with E-state index in [-0.39, 0.29) is 17.5 Å². The van der Waals surface area contributed by atoms with Gasteiger partial charge in [0, 0.05) is 16.9 Å². The number of nitrogens with one attached hydrogen (secondary N) is 2. The zero-order chi connectivity index (χ0) is 20.2. The standard InChI is InChI=1S/C22H15FN2O3S/c23-15-8-6-14(7-9-15)18-10-11-19(28-18)21(26)24-16-3-1-4-17(13-16)25-22(27)20-5-2-12-29-20/h1-13H,(H,24,26)(H,25,27). The third-order valence-electron chi connectivity index (χ3n) is 4.08. The van der Waals surface area contributed by atoms with Crippen LogP contribution in [-0.2, 0) is 0 Å². The Balaban J connectivity index is 1.45. The fourth-order valence-electron chi connectivity index (χ4n) is 2.70. The van der Waals surface area contributed by atoms with E-state index in [0.717, 1.165) is 0 Å². The first-order valence-corrected chi connectivity index (χ1v) is 9.58. The van der Waals surface area contributed by atoms with Gasteiger partial charge in [0.25, 0.3) is 11.8 Å². The Hall–Kier alpha value is -3.71. The molecule has 2 amide bonds. The molecule has 2 aromatic heterocycles. The Bertz CT molecular complexity index is 1150. The van der Waals surface area contributed by atoms with Crippen molar-refractivity contribution in [3.63, 3.8) is 0 Å². The first-order valence-electron chi connectivity index (χ1n) is 8.70. The van der Waals surface area contributed by atoms with Crippen LogP contribution in [0.25, 0.3) is 11.3 Å². The van der Waals surface area contributed by atoms with Gasteiger partial charge in [0.1, 0.15) is 11.6 Å². The lowest BCUT2D eigenvalue weighted by molar-refractivity contribution is 0.0996. The van der Waals surface area contributed by atoms with Crippen molar-refractivity contribution in [3.05, 3.63) is 94.6 Å². The lowest BCUT2D eigenvalue weighted by Crippen LogP contribution is -2.12. The maximum atomic E-state index is 13.0. The van der Waals surface area contributed by atoms with E-state index in [1.807, 2.05) is 5.38 Å². The van der Waals surface area contributed by atoms with Crippen LogP contribution >= 0.6 is 11.3 Å². The smallest absolute Gasteiger partial charge is 0.291 e. The van der Waals surface area contributed by atoms with Crippen LogP contribution in [0.3, 0.4) is 0 Å². The van der Waals surface area contributed by atoms with Gasteiger partial charge in [-0.05, 0) is 66.0 Å². The largest absolute Gasteiger partial charge is 0.451 e. The second-order valence-electron chi connectivity index (χ2n) is 6.14. The van der Waals surface area contributed by atoms with Gasteiger partial charge in [0.2, 0.25) is 0 Å². The van der Waals surface area contributed by atoms with Crippen molar-refractivity contribution >= 4 is 34.5 Å². The number of carbonyl (C=O) groups excluding carboxylic acids is 2. The molecule has 2 heterocycles. The van der Waals surface area contributed by atoms with Gasteiger partial charge in [-0.3, -0.25) is 9.59 Å². The van der Waals surface area contributed by atoms with E-state index in [2.05, 4.69) is 10.6 Å². The van der Waals surface area contributed by atoms with Crippen LogP contribution in [0.15, 0.2) is 82.6 Å². The van der Waals surface area contributed by atoms with Gasteiger partial charge in [-0.2, -0.15) is 0 Å². The zero-order valence-electron chi connectivity index (χ0n) is 15.0. The molecule has 0 unspecified atom stereocenters. The van der Waals surface area contributed by atoms with Crippen LogP contribution in [0.2, 0.25) is 0 Å². The van der Waals surface area contributed by atoms with Crippen molar-refractivity contribution in [1.82, 2.24) is 0 Å². The summed E-state index contributed by atoms with van der Waals surface area (Å²) >= 11 is 1.35. The molecule has 29 heavy (non-hydrogen) atoms. The molecule has 5 nitrogen and oxygen atoms in total. The molecule has 0 aliphatic rings. The molecule has 144 valence electrons. The molecule has 2 aromatic carbocycles. The minimum absolute atomic E-state index is 0.123. The van der Waals surface area contributed by atoms with Gasteiger partial charge < -0.3 is 15.1 Å². The average Bonchev–Trinajstić information content (AvgIpc) is 3.41. The maximum Gasteiger partial charge on any atom is 0.291 e. The van der Waals surface area contributed by atoms with E-state index >= 15 is 0 Å². The number of rotatable bonds is 5. The quantitative estimate of drug-likeness (QED) is 0.450. The number of hydrogen-bond acceptors (Lipinski definition) is 4. The van der Waals surface area contributed by atoms with Crippen molar-refractivity contribution in [3.8, 4) is 11.3 Å². The number of anilines is 2. The first kappa shape index (κ1) is 18.6. The van der Waals surface area contributed by atoms with Gasteiger partial charge in [-0.1, -0.05) is 12.1 Å². The number of thiophene rings is 1. The number of hydrogen-bond donors (Lipinski definition) is 2. The van der Waals surface area contributed by atoms with Crippen LogP contribution in [0, 0.1) is 5.82 Å². The van der Waals surface area contributed by atoms with E-state index in [4.69, 9.17) is 4.42 Å². The second-order valence-corrected chi connectivity index (χ2v) is 7.08. The SMILES string of the molecule is O=C(Nc1cccc(NC(=O)c2cccs2)c1)c1ccc(-c2ccc(F)cc2)o1. The molecule has 4 rings (SSSR count). The highest BCUT2D eigenvalue weighted by molar-refractivity contribution is 7.12. The molecular formula is C22H15FN2O3S. The molecule has 0 atom stereocenters. The molecular weight excluding hydrogens is 391 g/mol. The number of carbonyl (C=O) groups is 2. The fourth-order valence-corrected chi connectivity index (χ4v) is 3.32. The summed E-state index contributed by atoms with van der Waals surface area (Å²) in [6.07, 6.45) is 0. The van der Waals surface area contributed by atoms with Crippen molar-refractivity contribution in [2.45, 2.75) is 0 Å². The average molecular weight is 406 g/mol. The highest BCUT2D eigenvalue weighted by atomic mass is 32.1. The molecule has 0 aliphatic carbocycles. The van der Waals surface area contributed by atoms with Crippen LogP contribution in [-0.4, -0.2) is 11.8 Å². The van der Waals surface area contributed by atoms with E-state index < -0.39 is 5.91 Å². The molecule has 0 aliphatic heterocycles. The summed E-state index contributed by atoms with van der Waals surface area (Å²) in [5.74, 6) is -0.396. The van der Waals surface area contributed by atoms with E-state index in [9.17, 15) is 14.0 Å². The lowest BCUT2D eigenvalue weighted by atomic mass is 10.2. The maximum absolute atomic E-state index is 13.0. The highest BCUT2D eigenvalue weighted by Crippen LogP contribution is 2.24. The minimum Gasteiger partial charge on any atom is -0.451 e. The van der Waals surface area contributed by atoms with Crippen LogP contribution in [0.5, 0.6) is 0 Å². The summed E-state index contributed by atoms with van der Waals surface area (Å²) < 4.78 is 18.6. The normalized spacial score (nSPS) is 10.5. The van der Waals surface area contributed by atoms with E-state index in [1.165, 1.54) is 23.5 Å². The molecule has 0 spiro atoms. The van der Waals surface area contributed by atoms with E-state index in [1.54, 1.807) is 60.7 Å². The van der Waals surface area contributed by atoms with Gasteiger partial charge in [-0.25, -0.2) is 4.39 Å². The predicted octanol–water partition coefficient (Wildman–Crippen LogP) is 5.65. The Morgan fingerprint density at radius 2 is 1.55 bits per heavy atom. The van der Waals surface area contributed by atoms with E-state index in [0.29, 0.717) is 27.6 Å². The summed E-state index contributed by atoms with van der Waals surface area (Å²) in [6, 6.07) is 19.4. The predicted molar refractivity (Wildman–Crippen MR) is 111 cm³/mol. The van der Waals surface area contributed by atoms with Crippen LogP contribution < -0.4 is 10.6 Å². The highest BCUT2D eigenvalue weighted by Gasteiger charge is 2.13. The van der Waals surface area contributed by atoms with Crippen LogP contribution in [0.4, 0.5) is 15.8 Å². The number of benzene rings is 2. The topological polar surface area (TPSA) is 71.3 Å². The summed E-state index contributed by atoms with van der Waals surface area (Å²) in [7, 11) is 0. The van der Waals surface area contributed by atoms with Crippen LogP contribution in [0.1, 0.15) is 20.2 Å². The zero-order valence-corrected chi connectivity index (χ0v) is 15.8. The van der Waals surface area contributed by atoms with Gasteiger partial charge in [-0.15, -0.1) is 11.3 Å². The number of furan rings is 1. The Morgan fingerprint density at radius 3 is 2.24 bits per heavy atom. The first-order chi connectivity index (χ1) is 14.1. The number of amides is 2. The van der Waals surface area contributed by atoms with Gasteiger partial charge in [0.15, 0.2) is 5.76 Å². The Labute approximate surface area is 169 Å². The third kappa shape index (κ3) is 4.41. The number of halogens is 1. The van der Waals surface area contributed by atoms with Gasteiger partial charge >= 0.3 is 0 Å². The van der Waals surface area contributed by atoms with Crippen molar-refractivity contribution in [2.75, 3.05) is 10.6 Å². The Morgan fingerprint density at radius 1 is 0.828 bits per heavy atom. The van der Waals surface area contributed by atoms with Gasteiger partial charge in [0.05, 0.1) is 4.88 Å². The Kier molecular flexibility index (Phi) is 5.22. The fraction of sp³-hybridized carbons (Fsp3) is 0. The molecule has 2 N–H and O–H groups in total. The minimum atomic E-state index is -0.430. The summed E-state index contributed by atoms with van der Waals surface area (Å²) in [4.78, 5) is 25.2. The third-order valence-corrected chi connectivity index (χ3v) is 4.95. The monoisotopic (exact) mass is 406 g/mol. The molecule has 0 saturated heterocycles.